The van der Waals surface area contributed by atoms with E-state index in [1.807, 2.05) is 0 Å². The Hall–Kier alpha value is -6.64. The van der Waals surface area contributed by atoms with Crippen LogP contribution < -0.4 is 4.90 Å². The molecule has 2 nitrogen and oxygen atoms in total. The third-order valence-electron chi connectivity index (χ3n) is 9.58. The number of anilines is 3. The van der Waals surface area contributed by atoms with Gasteiger partial charge in [0.1, 0.15) is 0 Å². The summed E-state index contributed by atoms with van der Waals surface area (Å²) in [6, 6.07) is 74.0. The van der Waals surface area contributed by atoms with Crippen molar-refractivity contribution in [1.29, 1.82) is 0 Å². The molecule has 1 heterocycles. The third kappa shape index (κ3) is 5.24. The van der Waals surface area contributed by atoms with E-state index in [4.69, 9.17) is 0 Å². The summed E-state index contributed by atoms with van der Waals surface area (Å²) in [6.07, 6.45) is 0. The highest BCUT2D eigenvalue weighted by molar-refractivity contribution is 6.11. The molecular weight excluding hydrogens is 605 g/mol. The van der Waals surface area contributed by atoms with Crippen LogP contribution in [-0.2, 0) is 0 Å². The van der Waals surface area contributed by atoms with Gasteiger partial charge in [0.05, 0.1) is 22.4 Å². The van der Waals surface area contributed by atoms with E-state index in [2.05, 4.69) is 216 Å². The van der Waals surface area contributed by atoms with Gasteiger partial charge in [0.25, 0.3) is 0 Å². The van der Waals surface area contributed by atoms with E-state index in [0.717, 1.165) is 28.3 Å². The van der Waals surface area contributed by atoms with Crippen LogP contribution in [0.5, 0.6) is 0 Å². The molecule has 2 heteroatoms. The number of aromatic nitrogens is 1. The molecule has 0 aliphatic carbocycles. The summed E-state index contributed by atoms with van der Waals surface area (Å²) in [5.74, 6) is 0. The Bertz CT molecular complexity index is 2550. The average molecular weight is 639 g/mol. The van der Waals surface area contributed by atoms with Crippen molar-refractivity contribution in [2.24, 2.45) is 0 Å². The summed E-state index contributed by atoms with van der Waals surface area (Å²) in [5.41, 5.74) is 14.0. The Morgan fingerprint density at radius 2 is 0.860 bits per heavy atom. The maximum absolute atomic E-state index is 2.45. The van der Waals surface area contributed by atoms with Gasteiger partial charge in [-0.15, -0.1) is 0 Å². The minimum atomic E-state index is 1.12. The molecule has 0 saturated carbocycles. The fourth-order valence-electron chi connectivity index (χ4n) is 7.30. The lowest BCUT2D eigenvalue weighted by Gasteiger charge is -2.27. The second kappa shape index (κ2) is 12.8. The summed E-state index contributed by atoms with van der Waals surface area (Å²) in [5, 5.41) is 2.48. The zero-order chi connectivity index (χ0) is 33.3. The molecule has 9 rings (SSSR count). The molecule has 0 N–H and O–H groups in total. The highest BCUT2D eigenvalue weighted by Gasteiger charge is 2.20. The molecule has 0 aliphatic rings. The van der Waals surface area contributed by atoms with E-state index in [1.54, 1.807) is 0 Å². The van der Waals surface area contributed by atoms with E-state index in [-0.39, 0.29) is 0 Å². The first-order chi connectivity index (χ1) is 24.8. The van der Waals surface area contributed by atoms with Crippen LogP contribution in [0.25, 0.3) is 60.9 Å². The second-order valence-electron chi connectivity index (χ2n) is 12.6. The topological polar surface area (TPSA) is 8.17 Å². The predicted molar refractivity (Wildman–Crippen MR) is 212 cm³/mol. The summed E-state index contributed by atoms with van der Waals surface area (Å²) >= 11 is 0. The number of para-hydroxylation sites is 5. The summed E-state index contributed by atoms with van der Waals surface area (Å²) in [4.78, 5) is 2.35. The molecule has 236 valence electrons. The summed E-state index contributed by atoms with van der Waals surface area (Å²) in [6.45, 7) is 0. The Balaban J connectivity index is 1.25. The number of rotatable bonds is 7. The van der Waals surface area contributed by atoms with E-state index in [9.17, 15) is 0 Å². The molecule has 50 heavy (non-hydrogen) atoms. The first kappa shape index (κ1) is 29.5. The van der Waals surface area contributed by atoms with Crippen LogP contribution in [0.15, 0.2) is 206 Å². The number of nitrogens with zero attached hydrogens (tertiary/aromatic N) is 2. The highest BCUT2D eigenvalue weighted by Crippen LogP contribution is 2.43. The van der Waals surface area contributed by atoms with Crippen molar-refractivity contribution in [3.63, 3.8) is 0 Å². The Kier molecular flexibility index (Phi) is 7.53. The van der Waals surface area contributed by atoms with E-state index >= 15 is 0 Å². The lowest BCUT2D eigenvalue weighted by molar-refractivity contribution is 1.18. The SMILES string of the molecule is c1ccc(-c2cccc(-c3ccccc3-n3c4ccccc4c4ccc(-c5ccccc5N(c5ccccc5)c5ccccc5)cc43)c2)cc1. The molecule has 0 amide bonds. The lowest BCUT2D eigenvalue weighted by Crippen LogP contribution is -2.10. The van der Waals surface area contributed by atoms with Gasteiger partial charge in [0.2, 0.25) is 0 Å². The Morgan fingerprint density at radius 3 is 1.62 bits per heavy atom. The third-order valence-corrected chi connectivity index (χ3v) is 9.58. The average Bonchev–Trinajstić information content (AvgIpc) is 3.53. The van der Waals surface area contributed by atoms with Crippen molar-refractivity contribution < 1.29 is 0 Å². The normalized spacial score (nSPS) is 11.2. The fourth-order valence-corrected chi connectivity index (χ4v) is 7.30. The zero-order valence-corrected chi connectivity index (χ0v) is 27.5. The van der Waals surface area contributed by atoms with Crippen molar-refractivity contribution in [2.45, 2.75) is 0 Å². The monoisotopic (exact) mass is 638 g/mol. The van der Waals surface area contributed by atoms with Crippen molar-refractivity contribution in [2.75, 3.05) is 4.90 Å². The lowest BCUT2D eigenvalue weighted by atomic mass is 9.97. The minimum absolute atomic E-state index is 1.12. The van der Waals surface area contributed by atoms with Crippen molar-refractivity contribution >= 4 is 38.9 Å². The molecule has 0 bridgehead atoms. The molecule has 1 aromatic heterocycles. The maximum Gasteiger partial charge on any atom is 0.0547 e. The standard InChI is InChI=1S/C48H34N2/c1-4-17-35(18-5-1)36-19-16-20-37(33-36)41-25-11-14-29-46(41)50-47-30-15-12-27-43(47)44-32-31-38(34-48(44)50)42-26-10-13-28-45(42)49(39-21-6-2-7-22-39)40-23-8-3-9-24-40/h1-34H. The van der Waals surface area contributed by atoms with Gasteiger partial charge in [-0.2, -0.15) is 0 Å². The fraction of sp³-hybridized carbons (Fsp3) is 0. The van der Waals surface area contributed by atoms with Crippen molar-refractivity contribution in [3.8, 4) is 39.1 Å². The van der Waals surface area contributed by atoms with Crippen molar-refractivity contribution in [1.82, 2.24) is 4.57 Å². The molecule has 0 aliphatic heterocycles. The predicted octanol–water partition coefficient (Wildman–Crippen LogP) is 13.3. The van der Waals surface area contributed by atoms with Gasteiger partial charge in [-0.3, -0.25) is 0 Å². The highest BCUT2D eigenvalue weighted by atomic mass is 15.1. The van der Waals surface area contributed by atoms with Crippen molar-refractivity contribution in [3.05, 3.63) is 206 Å². The van der Waals surface area contributed by atoms with Crippen LogP contribution in [0.1, 0.15) is 0 Å². The second-order valence-corrected chi connectivity index (χ2v) is 12.6. The molecular formula is C48H34N2. The Labute approximate surface area is 292 Å². The first-order valence-corrected chi connectivity index (χ1v) is 17.1. The summed E-state index contributed by atoms with van der Waals surface area (Å²) < 4.78 is 2.45. The molecule has 8 aromatic carbocycles. The van der Waals surface area contributed by atoms with Crippen LogP contribution >= 0.6 is 0 Å². The number of hydrogen-bond acceptors (Lipinski definition) is 1. The number of fused-ring (bicyclic) bond motifs is 3. The molecule has 0 radical (unpaired) electrons. The van der Waals surface area contributed by atoms with Gasteiger partial charge in [-0.05, 0) is 76.9 Å². The largest absolute Gasteiger partial charge is 0.310 e. The van der Waals surface area contributed by atoms with E-state index in [1.165, 1.54) is 49.6 Å². The first-order valence-electron chi connectivity index (χ1n) is 17.1. The van der Waals surface area contributed by atoms with E-state index in [0.29, 0.717) is 0 Å². The molecule has 0 saturated heterocycles. The van der Waals surface area contributed by atoms with Crippen LogP contribution in [0.4, 0.5) is 17.1 Å². The summed E-state index contributed by atoms with van der Waals surface area (Å²) in [7, 11) is 0. The van der Waals surface area contributed by atoms with Gasteiger partial charge in [0, 0.05) is 33.3 Å². The molecule has 9 aromatic rings. The van der Waals surface area contributed by atoms with Gasteiger partial charge in [0.15, 0.2) is 0 Å². The van der Waals surface area contributed by atoms with Crippen LogP contribution in [0.3, 0.4) is 0 Å². The van der Waals surface area contributed by atoms with Gasteiger partial charge >= 0.3 is 0 Å². The molecule has 0 unspecified atom stereocenters. The zero-order valence-electron chi connectivity index (χ0n) is 27.5. The quantitative estimate of drug-likeness (QED) is 0.169. The minimum Gasteiger partial charge on any atom is -0.310 e. The number of benzene rings is 8. The van der Waals surface area contributed by atoms with Crippen LogP contribution in [0.2, 0.25) is 0 Å². The maximum atomic E-state index is 2.45. The van der Waals surface area contributed by atoms with E-state index < -0.39 is 0 Å². The molecule has 0 atom stereocenters. The van der Waals surface area contributed by atoms with Gasteiger partial charge in [-0.1, -0.05) is 152 Å². The van der Waals surface area contributed by atoms with Gasteiger partial charge in [-0.25, -0.2) is 0 Å². The van der Waals surface area contributed by atoms with Gasteiger partial charge < -0.3 is 9.47 Å². The number of hydrogen-bond donors (Lipinski definition) is 0. The van der Waals surface area contributed by atoms with Crippen LogP contribution in [-0.4, -0.2) is 4.57 Å². The Morgan fingerprint density at radius 1 is 0.320 bits per heavy atom. The molecule has 0 spiro atoms. The van der Waals surface area contributed by atoms with Crippen LogP contribution in [0, 0.1) is 0 Å². The molecule has 0 fully saturated rings. The smallest absolute Gasteiger partial charge is 0.0547 e.